The van der Waals surface area contributed by atoms with Crippen LogP contribution in [0.5, 0.6) is 0 Å². The Balaban J connectivity index is 0.00000242. The van der Waals surface area contributed by atoms with Gasteiger partial charge in [-0.1, -0.05) is 13.3 Å². The van der Waals surface area contributed by atoms with E-state index in [0.717, 1.165) is 49.8 Å². The van der Waals surface area contributed by atoms with Gasteiger partial charge in [-0.25, -0.2) is 4.99 Å². The van der Waals surface area contributed by atoms with Crippen molar-refractivity contribution < 1.29 is 8.83 Å². The Morgan fingerprint density at radius 2 is 1.73 bits per heavy atom. The molecule has 2 N–H and O–H groups in total. The number of guanidine groups is 1. The maximum Gasteiger partial charge on any atom is 0.191 e. The third kappa shape index (κ3) is 7.02. The van der Waals surface area contributed by atoms with E-state index in [1.165, 1.54) is 0 Å². The number of aliphatic imine (C=N–C) groups is 1. The third-order valence-corrected chi connectivity index (χ3v) is 3.04. The van der Waals surface area contributed by atoms with Crippen LogP contribution in [0.2, 0.25) is 0 Å². The van der Waals surface area contributed by atoms with Crippen molar-refractivity contribution in [3.63, 3.8) is 0 Å². The van der Waals surface area contributed by atoms with Gasteiger partial charge in [0, 0.05) is 19.5 Å². The maximum atomic E-state index is 5.32. The molecule has 2 heterocycles. The fourth-order valence-electron chi connectivity index (χ4n) is 1.88. The van der Waals surface area contributed by atoms with Gasteiger partial charge in [0.25, 0.3) is 0 Å². The molecule has 0 fully saturated rings. The Morgan fingerprint density at radius 1 is 1.05 bits per heavy atom. The smallest absolute Gasteiger partial charge is 0.191 e. The third-order valence-electron chi connectivity index (χ3n) is 3.04. The number of nitrogens with one attached hydrogen (secondary N) is 2. The van der Waals surface area contributed by atoms with E-state index < -0.39 is 0 Å². The van der Waals surface area contributed by atoms with E-state index in [-0.39, 0.29) is 24.0 Å². The van der Waals surface area contributed by atoms with Crippen molar-refractivity contribution in [2.45, 2.75) is 32.7 Å². The quantitative estimate of drug-likeness (QED) is 0.299. The zero-order valence-corrected chi connectivity index (χ0v) is 15.2. The van der Waals surface area contributed by atoms with Gasteiger partial charge in [0.1, 0.15) is 18.1 Å². The summed E-state index contributed by atoms with van der Waals surface area (Å²) in [6.45, 7) is 4.41. The summed E-state index contributed by atoms with van der Waals surface area (Å²) < 4.78 is 10.6. The number of rotatable bonds is 8. The van der Waals surface area contributed by atoms with Gasteiger partial charge in [0.05, 0.1) is 12.5 Å². The zero-order chi connectivity index (χ0) is 14.8. The van der Waals surface area contributed by atoms with Gasteiger partial charge < -0.3 is 19.5 Å². The van der Waals surface area contributed by atoms with Gasteiger partial charge in [-0.3, -0.25) is 0 Å². The summed E-state index contributed by atoms with van der Waals surface area (Å²) in [6, 6.07) is 7.68. The molecule has 0 amide bonds. The summed E-state index contributed by atoms with van der Waals surface area (Å²) in [5, 5.41) is 6.65. The van der Waals surface area contributed by atoms with E-state index in [9.17, 15) is 0 Å². The molecule has 2 aromatic heterocycles. The first kappa shape index (κ1) is 18.6. The second-order valence-electron chi connectivity index (χ2n) is 4.78. The average Bonchev–Trinajstić information content (AvgIpc) is 3.18. The zero-order valence-electron chi connectivity index (χ0n) is 12.9. The maximum absolute atomic E-state index is 5.32. The monoisotopic (exact) mass is 417 g/mol. The molecule has 0 saturated heterocycles. The molecule has 122 valence electrons. The highest BCUT2D eigenvalue weighted by molar-refractivity contribution is 14.0. The van der Waals surface area contributed by atoms with E-state index >= 15 is 0 Å². The largest absolute Gasteiger partial charge is 0.469 e. The topological polar surface area (TPSA) is 62.7 Å². The molecule has 2 rings (SSSR count). The number of furan rings is 2. The van der Waals surface area contributed by atoms with Gasteiger partial charge in [0.15, 0.2) is 5.96 Å². The first-order valence-electron chi connectivity index (χ1n) is 7.45. The minimum absolute atomic E-state index is 0. The van der Waals surface area contributed by atoms with Crippen LogP contribution in [-0.4, -0.2) is 19.0 Å². The molecular formula is C16H24IN3O2. The van der Waals surface area contributed by atoms with Crippen molar-refractivity contribution in [3.8, 4) is 0 Å². The standard InChI is InChI=1S/C16H23N3O2.HI/c1-2-3-9-17-16(19-13-15-7-5-12-21-15)18-10-8-14-6-4-11-20-14;/h4-7,11-12H,2-3,8-10,13H2,1H3,(H2,17,18,19);1H. The predicted molar refractivity (Wildman–Crippen MR) is 98.6 cm³/mol. The van der Waals surface area contributed by atoms with Crippen LogP contribution < -0.4 is 10.6 Å². The number of hydrogen-bond donors (Lipinski definition) is 2. The summed E-state index contributed by atoms with van der Waals surface area (Å²) in [4.78, 5) is 4.53. The number of nitrogens with zero attached hydrogens (tertiary/aromatic N) is 1. The molecule has 0 unspecified atom stereocenters. The molecule has 2 aromatic rings. The lowest BCUT2D eigenvalue weighted by atomic mass is 10.3. The Labute approximate surface area is 148 Å². The van der Waals surface area contributed by atoms with E-state index in [1.807, 2.05) is 24.3 Å². The summed E-state index contributed by atoms with van der Waals surface area (Å²) in [6.07, 6.45) is 6.48. The number of hydrogen-bond acceptors (Lipinski definition) is 3. The van der Waals surface area contributed by atoms with Crippen molar-refractivity contribution >= 4 is 29.9 Å². The second kappa shape index (κ2) is 11.2. The molecule has 0 radical (unpaired) electrons. The van der Waals surface area contributed by atoms with E-state index in [0.29, 0.717) is 6.54 Å². The molecule has 0 saturated carbocycles. The van der Waals surface area contributed by atoms with Crippen molar-refractivity contribution in [2.75, 3.05) is 13.1 Å². The van der Waals surface area contributed by atoms with Crippen LogP contribution in [0.3, 0.4) is 0 Å². The molecule has 0 aliphatic carbocycles. The van der Waals surface area contributed by atoms with Gasteiger partial charge >= 0.3 is 0 Å². The molecule has 5 nitrogen and oxygen atoms in total. The highest BCUT2D eigenvalue weighted by atomic mass is 127. The van der Waals surface area contributed by atoms with Crippen LogP contribution in [0.4, 0.5) is 0 Å². The lowest BCUT2D eigenvalue weighted by Crippen LogP contribution is -2.38. The lowest BCUT2D eigenvalue weighted by Gasteiger charge is -2.11. The van der Waals surface area contributed by atoms with Crippen LogP contribution in [0, 0.1) is 0 Å². The number of unbranched alkanes of at least 4 members (excludes halogenated alkanes) is 1. The first-order chi connectivity index (χ1) is 10.4. The van der Waals surface area contributed by atoms with Crippen molar-refractivity contribution in [2.24, 2.45) is 4.99 Å². The minimum atomic E-state index is 0. The molecule has 0 atom stereocenters. The Morgan fingerprint density at radius 3 is 2.36 bits per heavy atom. The fraction of sp³-hybridized carbons (Fsp3) is 0.438. The van der Waals surface area contributed by atoms with Crippen LogP contribution in [0.1, 0.15) is 31.3 Å². The Hall–Kier alpha value is -1.44. The van der Waals surface area contributed by atoms with E-state index in [4.69, 9.17) is 8.83 Å². The molecule has 6 heteroatoms. The lowest BCUT2D eigenvalue weighted by molar-refractivity contribution is 0.505. The minimum Gasteiger partial charge on any atom is -0.469 e. The molecule has 0 bridgehead atoms. The second-order valence-corrected chi connectivity index (χ2v) is 4.78. The average molecular weight is 417 g/mol. The molecule has 0 spiro atoms. The van der Waals surface area contributed by atoms with Crippen molar-refractivity contribution in [1.29, 1.82) is 0 Å². The number of halogens is 1. The predicted octanol–water partition coefficient (Wildman–Crippen LogP) is 3.57. The van der Waals surface area contributed by atoms with Crippen molar-refractivity contribution in [3.05, 3.63) is 48.3 Å². The molecular weight excluding hydrogens is 393 g/mol. The SMILES string of the molecule is CCCCNC(=NCc1ccco1)NCCc1ccco1.I. The molecule has 22 heavy (non-hydrogen) atoms. The van der Waals surface area contributed by atoms with Gasteiger partial charge in [0.2, 0.25) is 0 Å². The highest BCUT2D eigenvalue weighted by Gasteiger charge is 2.01. The summed E-state index contributed by atoms with van der Waals surface area (Å²) in [7, 11) is 0. The molecule has 0 aliphatic rings. The van der Waals surface area contributed by atoms with E-state index in [2.05, 4.69) is 22.5 Å². The van der Waals surface area contributed by atoms with E-state index in [1.54, 1.807) is 12.5 Å². The first-order valence-corrected chi connectivity index (χ1v) is 7.45. The van der Waals surface area contributed by atoms with Crippen LogP contribution >= 0.6 is 24.0 Å². The Bertz CT molecular complexity index is 509. The summed E-state index contributed by atoms with van der Waals surface area (Å²) in [5.41, 5.74) is 0. The summed E-state index contributed by atoms with van der Waals surface area (Å²) in [5.74, 6) is 2.64. The fourth-order valence-corrected chi connectivity index (χ4v) is 1.88. The normalized spacial score (nSPS) is 11.0. The molecule has 0 aromatic carbocycles. The van der Waals surface area contributed by atoms with Crippen LogP contribution in [0.25, 0.3) is 0 Å². The van der Waals surface area contributed by atoms with Gasteiger partial charge in [-0.2, -0.15) is 0 Å². The Kier molecular flexibility index (Phi) is 9.45. The molecule has 0 aliphatic heterocycles. The van der Waals surface area contributed by atoms with Gasteiger partial charge in [-0.15, -0.1) is 24.0 Å². The summed E-state index contributed by atoms with van der Waals surface area (Å²) >= 11 is 0. The van der Waals surface area contributed by atoms with Crippen molar-refractivity contribution in [1.82, 2.24) is 10.6 Å². The van der Waals surface area contributed by atoms with Gasteiger partial charge in [-0.05, 0) is 30.7 Å². The van der Waals surface area contributed by atoms with Crippen LogP contribution in [0.15, 0.2) is 50.6 Å². The highest BCUT2D eigenvalue weighted by Crippen LogP contribution is 2.02. The van der Waals surface area contributed by atoms with Crippen LogP contribution in [-0.2, 0) is 13.0 Å².